The van der Waals surface area contributed by atoms with Crippen LogP contribution in [0.5, 0.6) is 0 Å². The van der Waals surface area contributed by atoms with Crippen LogP contribution in [-0.4, -0.2) is 41.6 Å². The summed E-state index contributed by atoms with van der Waals surface area (Å²) in [6.45, 7) is 4.39. The molecule has 6 nitrogen and oxygen atoms in total. The molecule has 2 aliphatic rings. The zero-order chi connectivity index (χ0) is 31.2. The van der Waals surface area contributed by atoms with Crippen LogP contribution in [0.15, 0.2) is 128 Å². The first-order valence-corrected chi connectivity index (χ1v) is 16.8. The second kappa shape index (κ2) is 13.8. The van der Waals surface area contributed by atoms with E-state index in [1.165, 1.54) is 12.1 Å². The van der Waals surface area contributed by atoms with Gasteiger partial charge in [0.15, 0.2) is 0 Å². The van der Waals surface area contributed by atoms with Crippen molar-refractivity contribution in [3.63, 3.8) is 0 Å². The van der Waals surface area contributed by atoms with Gasteiger partial charge in [0.2, 0.25) is 5.91 Å². The summed E-state index contributed by atoms with van der Waals surface area (Å²) in [5, 5.41) is 3.43. The van der Waals surface area contributed by atoms with E-state index in [1.54, 1.807) is 0 Å². The normalized spacial score (nSPS) is 15.9. The maximum Gasteiger partial charge on any atom is 0.230 e. The molecule has 1 aromatic heterocycles. The third-order valence-corrected chi connectivity index (χ3v) is 9.78. The van der Waals surface area contributed by atoms with Gasteiger partial charge in [0.05, 0.1) is 18.6 Å². The molecule has 1 saturated carbocycles. The molecule has 2 heterocycles. The second-order valence-electron chi connectivity index (χ2n) is 12.6. The van der Waals surface area contributed by atoms with Gasteiger partial charge in [-0.25, -0.2) is 4.98 Å². The minimum atomic E-state index is -0.641. The van der Waals surface area contributed by atoms with Crippen molar-refractivity contribution in [2.75, 3.05) is 36.0 Å². The fourth-order valence-electron chi connectivity index (χ4n) is 7.41. The van der Waals surface area contributed by atoms with Crippen LogP contribution >= 0.6 is 0 Å². The van der Waals surface area contributed by atoms with Gasteiger partial charge in [-0.05, 0) is 53.8 Å². The number of aromatic nitrogens is 2. The van der Waals surface area contributed by atoms with Gasteiger partial charge in [0.25, 0.3) is 0 Å². The Morgan fingerprint density at radius 1 is 0.739 bits per heavy atom. The van der Waals surface area contributed by atoms with Gasteiger partial charge in [0, 0.05) is 49.7 Å². The van der Waals surface area contributed by atoms with E-state index in [1.807, 2.05) is 11.2 Å². The fraction of sp³-hybridized carbons (Fsp3) is 0.300. The van der Waals surface area contributed by atoms with E-state index in [4.69, 9.17) is 4.98 Å². The molecule has 0 unspecified atom stereocenters. The Hall–Kier alpha value is -4.68. The molecule has 1 aliphatic heterocycles. The average molecular weight is 610 g/mol. The number of anilines is 2. The van der Waals surface area contributed by atoms with E-state index in [9.17, 15) is 4.79 Å². The van der Waals surface area contributed by atoms with Crippen LogP contribution in [0, 0.1) is 5.92 Å². The lowest BCUT2D eigenvalue weighted by molar-refractivity contribution is -0.123. The highest BCUT2D eigenvalue weighted by molar-refractivity contribution is 5.95. The smallest absolute Gasteiger partial charge is 0.230 e. The number of hydrogen-bond donors (Lipinski definition) is 1. The number of benzene rings is 4. The molecule has 0 bridgehead atoms. The molecule has 4 aromatic carbocycles. The number of piperazine rings is 1. The third-order valence-electron chi connectivity index (χ3n) is 9.78. The second-order valence-corrected chi connectivity index (χ2v) is 12.6. The number of amides is 1. The quantitative estimate of drug-likeness (QED) is 0.179. The number of carbonyl (C=O) groups excluding carboxylic acids is 1. The maximum absolute atomic E-state index is 14.2. The Morgan fingerprint density at radius 2 is 1.28 bits per heavy atom. The third kappa shape index (κ3) is 5.97. The van der Waals surface area contributed by atoms with Gasteiger partial charge in [-0.1, -0.05) is 110 Å². The molecule has 6 heteroatoms. The van der Waals surface area contributed by atoms with Gasteiger partial charge in [-0.2, -0.15) is 0 Å². The van der Waals surface area contributed by atoms with E-state index in [0.29, 0.717) is 6.54 Å². The largest absolute Gasteiger partial charge is 0.369 e. The lowest BCUT2D eigenvalue weighted by atomic mass is 9.77. The van der Waals surface area contributed by atoms with Crippen molar-refractivity contribution < 1.29 is 4.79 Å². The number of carbonyl (C=O) groups is 1. The Balaban J connectivity index is 1.28. The molecular formula is C40H43N5O. The van der Waals surface area contributed by atoms with Crippen molar-refractivity contribution in [3.8, 4) is 0 Å². The Morgan fingerprint density at radius 3 is 1.83 bits per heavy atom. The molecule has 0 spiro atoms. The van der Waals surface area contributed by atoms with Crippen LogP contribution in [0.4, 0.5) is 11.4 Å². The van der Waals surface area contributed by atoms with Crippen molar-refractivity contribution in [1.82, 2.24) is 14.9 Å². The Bertz CT molecular complexity index is 1590. The summed E-state index contributed by atoms with van der Waals surface area (Å²) >= 11 is 0. The summed E-state index contributed by atoms with van der Waals surface area (Å²) in [5.74, 6) is 0.269. The van der Waals surface area contributed by atoms with Gasteiger partial charge in [-0.3, -0.25) is 4.79 Å². The minimum absolute atomic E-state index is 0.0562. The molecule has 1 N–H and O–H groups in total. The summed E-state index contributed by atoms with van der Waals surface area (Å²) in [4.78, 5) is 23.6. The fourth-order valence-corrected chi connectivity index (χ4v) is 7.41. The van der Waals surface area contributed by atoms with Gasteiger partial charge >= 0.3 is 0 Å². The monoisotopic (exact) mass is 609 g/mol. The van der Waals surface area contributed by atoms with E-state index < -0.39 is 5.54 Å². The molecule has 2 fully saturated rings. The molecule has 0 radical (unpaired) electrons. The summed E-state index contributed by atoms with van der Waals surface area (Å²) in [7, 11) is 0. The highest BCUT2D eigenvalue weighted by atomic mass is 16.2. The summed E-state index contributed by atoms with van der Waals surface area (Å²) < 4.78 is 2.24. The number of imidazole rings is 1. The summed E-state index contributed by atoms with van der Waals surface area (Å²) in [6.07, 6.45) is 9.46. The van der Waals surface area contributed by atoms with Gasteiger partial charge < -0.3 is 19.7 Å². The number of rotatable bonds is 9. The first kappa shape index (κ1) is 30.0. The van der Waals surface area contributed by atoms with E-state index in [0.717, 1.165) is 79.9 Å². The van der Waals surface area contributed by atoms with E-state index in [2.05, 4.69) is 136 Å². The molecule has 1 aliphatic carbocycles. The van der Waals surface area contributed by atoms with Crippen LogP contribution in [0.3, 0.4) is 0 Å². The molecule has 1 amide bonds. The topological polar surface area (TPSA) is 53.4 Å². The molecule has 5 aromatic rings. The maximum atomic E-state index is 14.2. The zero-order valence-corrected chi connectivity index (χ0v) is 26.5. The molecular weight excluding hydrogens is 566 g/mol. The van der Waals surface area contributed by atoms with Crippen LogP contribution in [0.2, 0.25) is 0 Å². The predicted octanol–water partition coefficient (Wildman–Crippen LogP) is 7.25. The van der Waals surface area contributed by atoms with E-state index >= 15 is 0 Å². The Labute approximate surface area is 272 Å². The van der Waals surface area contributed by atoms with Crippen molar-refractivity contribution in [2.45, 2.75) is 44.2 Å². The van der Waals surface area contributed by atoms with E-state index in [-0.39, 0.29) is 11.8 Å². The Kier molecular flexibility index (Phi) is 8.97. The van der Waals surface area contributed by atoms with Crippen LogP contribution < -0.4 is 15.1 Å². The first-order valence-electron chi connectivity index (χ1n) is 16.8. The summed E-state index contributed by atoms with van der Waals surface area (Å²) in [6, 6.07) is 40.5. The van der Waals surface area contributed by atoms with Crippen LogP contribution in [0.1, 0.15) is 54.5 Å². The van der Waals surface area contributed by atoms with Crippen molar-refractivity contribution in [1.29, 1.82) is 0 Å². The lowest BCUT2D eigenvalue weighted by Gasteiger charge is -2.37. The van der Waals surface area contributed by atoms with Gasteiger partial charge in [0.1, 0.15) is 5.54 Å². The molecule has 1 saturated heterocycles. The number of hydrogen-bond acceptors (Lipinski definition) is 4. The SMILES string of the molecule is O=C(C1CCCCC1)N(Cc1cn(C(c2ccccc2)(c2ccccc2)c2ccccc2)cn1)c1ccc(N2CCNCC2)cc1. The summed E-state index contributed by atoms with van der Waals surface area (Å²) in [5.41, 5.74) is 5.81. The average Bonchev–Trinajstić information content (AvgIpc) is 3.62. The standard InChI is InChI=1S/C40H43N5O/c46-39(32-13-5-1-6-14-32)45(38-23-21-37(22-24-38)43-27-25-41-26-28-43)30-36-29-44(31-42-36)40(33-15-7-2-8-16-33,34-17-9-3-10-18-34)35-19-11-4-12-20-35/h2-4,7-12,15-24,29,31-32,41H,1,5-6,13-14,25-28,30H2. The highest BCUT2D eigenvalue weighted by Crippen LogP contribution is 2.41. The van der Waals surface area contributed by atoms with Crippen molar-refractivity contribution >= 4 is 17.3 Å². The number of nitrogens with one attached hydrogen (secondary N) is 1. The van der Waals surface area contributed by atoms with Crippen molar-refractivity contribution in [3.05, 3.63) is 150 Å². The van der Waals surface area contributed by atoms with Crippen LogP contribution in [-0.2, 0) is 16.9 Å². The molecule has 234 valence electrons. The molecule has 0 atom stereocenters. The first-order chi connectivity index (χ1) is 22.7. The predicted molar refractivity (Wildman–Crippen MR) is 186 cm³/mol. The van der Waals surface area contributed by atoms with Gasteiger partial charge in [-0.15, -0.1) is 0 Å². The number of nitrogens with zero attached hydrogens (tertiary/aromatic N) is 4. The van der Waals surface area contributed by atoms with Crippen molar-refractivity contribution in [2.24, 2.45) is 5.92 Å². The van der Waals surface area contributed by atoms with Crippen LogP contribution in [0.25, 0.3) is 0 Å². The molecule has 46 heavy (non-hydrogen) atoms. The molecule has 7 rings (SSSR count). The lowest BCUT2D eigenvalue weighted by Crippen LogP contribution is -2.43. The zero-order valence-electron chi connectivity index (χ0n) is 26.5. The minimum Gasteiger partial charge on any atom is -0.369 e. The highest BCUT2D eigenvalue weighted by Gasteiger charge is 2.38.